The normalized spacial score (nSPS) is 21.2. The van der Waals surface area contributed by atoms with Crippen LogP contribution in [0.3, 0.4) is 0 Å². The second kappa shape index (κ2) is 7.25. The Hall–Kier alpha value is -1.84. The summed E-state index contributed by atoms with van der Waals surface area (Å²) in [7, 11) is 0. The van der Waals surface area contributed by atoms with Gasteiger partial charge in [-0.15, -0.1) is 0 Å². The Balaban J connectivity index is 2.01. The summed E-state index contributed by atoms with van der Waals surface area (Å²) in [6, 6.07) is 9.94. The predicted octanol–water partition coefficient (Wildman–Crippen LogP) is 2.93. The summed E-state index contributed by atoms with van der Waals surface area (Å²) < 4.78 is 0. The van der Waals surface area contributed by atoms with Gasteiger partial charge in [0, 0.05) is 19.0 Å². The van der Waals surface area contributed by atoms with Crippen LogP contribution in [0.2, 0.25) is 0 Å². The molecule has 2 rings (SSSR count). The van der Waals surface area contributed by atoms with Crippen LogP contribution >= 0.6 is 0 Å². The number of rotatable bonds is 6. The van der Waals surface area contributed by atoms with Crippen LogP contribution in [0.1, 0.15) is 38.2 Å². The maximum atomic E-state index is 12.6. The third-order valence-electron chi connectivity index (χ3n) is 4.15. The van der Waals surface area contributed by atoms with Gasteiger partial charge in [0.1, 0.15) is 0 Å². The van der Waals surface area contributed by atoms with Crippen LogP contribution in [-0.2, 0) is 16.1 Å². The molecule has 1 N–H and O–H groups in total. The molecule has 1 aliphatic carbocycles. The van der Waals surface area contributed by atoms with E-state index in [0.29, 0.717) is 25.8 Å². The molecule has 2 atom stereocenters. The molecular weight excluding hydrogens is 266 g/mol. The van der Waals surface area contributed by atoms with Crippen LogP contribution in [0.4, 0.5) is 0 Å². The Kier molecular flexibility index (Phi) is 5.37. The van der Waals surface area contributed by atoms with E-state index in [4.69, 9.17) is 5.11 Å². The van der Waals surface area contributed by atoms with Crippen LogP contribution in [-0.4, -0.2) is 28.4 Å². The van der Waals surface area contributed by atoms with Gasteiger partial charge in [-0.1, -0.05) is 37.3 Å². The number of amides is 1. The Labute approximate surface area is 125 Å². The lowest BCUT2D eigenvalue weighted by atomic mass is 10.0. The molecule has 1 fully saturated rings. The molecule has 1 aliphatic rings. The summed E-state index contributed by atoms with van der Waals surface area (Å²) in [4.78, 5) is 25.6. The molecule has 114 valence electrons. The first-order chi connectivity index (χ1) is 10.1. The first kappa shape index (κ1) is 15.5. The molecule has 4 nitrogen and oxygen atoms in total. The number of hydrogen-bond acceptors (Lipinski definition) is 2. The topological polar surface area (TPSA) is 57.6 Å². The van der Waals surface area contributed by atoms with Crippen molar-refractivity contribution in [3.05, 3.63) is 35.9 Å². The molecule has 0 bridgehead atoms. The van der Waals surface area contributed by atoms with Gasteiger partial charge in [-0.05, 0) is 31.2 Å². The van der Waals surface area contributed by atoms with Gasteiger partial charge >= 0.3 is 5.97 Å². The molecule has 0 aliphatic heterocycles. The molecule has 1 saturated carbocycles. The quantitative estimate of drug-likeness (QED) is 0.876. The molecule has 1 amide bonds. The zero-order valence-electron chi connectivity index (χ0n) is 12.5. The smallest absolute Gasteiger partial charge is 0.306 e. The molecule has 2 unspecified atom stereocenters. The molecule has 0 radical (unpaired) electrons. The lowest BCUT2D eigenvalue weighted by molar-refractivity contribution is -0.141. The van der Waals surface area contributed by atoms with Crippen molar-refractivity contribution in [2.45, 2.75) is 39.2 Å². The summed E-state index contributed by atoms with van der Waals surface area (Å²) in [6.07, 6.45) is 2.72. The minimum atomic E-state index is -0.768. The minimum Gasteiger partial charge on any atom is -0.481 e. The van der Waals surface area contributed by atoms with E-state index in [9.17, 15) is 9.59 Å². The standard InChI is InChI=1S/C17H23NO3/c1-2-10-18(12-13-6-4-3-5-7-13)16(19)14-8-9-15(11-14)17(20)21/h3-7,14-15H,2,8-12H2,1H3,(H,20,21). The van der Waals surface area contributed by atoms with Crippen molar-refractivity contribution in [2.75, 3.05) is 6.54 Å². The number of benzene rings is 1. The molecule has 1 aromatic rings. The van der Waals surface area contributed by atoms with Crippen molar-refractivity contribution in [3.63, 3.8) is 0 Å². The number of carbonyl (C=O) groups excluding carboxylic acids is 1. The van der Waals surface area contributed by atoms with E-state index < -0.39 is 5.97 Å². The van der Waals surface area contributed by atoms with Crippen LogP contribution in [0, 0.1) is 11.8 Å². The largest absolute Gasteiger partial charge is 0.481 e. The molecule has 21 heavy (non-hydrogen) atoms. The van der Waals surface area contributed by atoms with Crippen LogP contribution in [0.15, 0.2) is 30.3 Å². The number of carboxylic acid groups (broad SMARTS) is 1. The third kappa shape index (κ3) is 4.06. The van der Waals surface area contributed by atoms with E-state index in [0.717, 1.165) is 18.5 Å². The summed E-state index contributed by atoms with van der Waals surface area (Å²) in [6.45, 7) is 3.39. The maximum Gasteiger partial charge on any atom is 0.306 e. The lowest BCUT2D eigenvalue weighted by Crippen LogP contribution is -2.35. The zero-order chi connectivity index (χ0) is 15.2. The fourth-order valence-corrected chi connectivity index (χ4v) is 3.03. The monoisotopic (exact) mass is 289 g/mol. The van der Waals surface area contributed by atoms with Crippen molar-refractivity contribution in [1.82, 2.24) is 4.90 Å². The third-order valence-corrected chi connectivity index (χ3v) is 4.15. The van der Waals surface area contributed by atoms with E-state index in [1.54, 1.807) is 0 Å². The Morgan fingerprint density at radius 2 is 1.86 bits per heavy atom. The van der Waals surface area contributed by atoms with E-state index >= 15 is 0 Å². The Bertz CT molecular complexity index is 486. The molecular formula is C17H23NO3. The molecule has 0 heterocycles. The molecule has 1 aromatic carbocycles. The van der Waals surface area contributed by atoms with E-state index in [1.807, 2.05) is 35.2 Å². The van der Waals surface area contributed by atoms with Crippen LogP contribution in [0.25, 0.3) is 0 Å². The maximum absolute atomic E-state index is 12.6. The average Bonchev–Trinajstić information content (AvgIpc) is 2.97. The number of aliphatic carboxylic acids is 1. The summed E-state index contributed by atoms with van der Waals surface area (Å²) in [5.74, 6) is -1.12. The molecule has 0 aromatic heterocycles. The highest BCUT2D eigenvalue weighted by molar-refractivity contribution is 5.81. The van der Waals surface area contributed by atoms with Crippen molar-refractivity contribution >= 4 is 11.9 Å². The van der Waals surface area contributed by atoms with Gasteiger partial charge in [0.05, 0.1) is 5.92 Å². The molecule has 0 spiro atoms. The SMILES string of the molecule is CCCN(Cc1ccccc1)C(=O)C1CCC(C(=O)O)C1. The first-order valence-corrected chi connectivity index (χ1v) is 7.67. The van der Waals surface area contributed by atoms with Gasteiger partial charge in [-0.2, -0.15) is 0 Å². The van der Waals surface area contributed by atoms with E-state index in [-0.39, 0.29) is 17.7 Å². The second-order valence-electron chi connectivity index (χ2n) is 5.79. The van der Waals surface area contributed by atoms with Gasteiger partial charge < -0.3 is 10.0 Å². The highest BCUT2D eigenvalue weighted by atomic mass is 16.4. The van der Waals surface area contributed by atoms with Crippen molar-refractivity contribution in [3.8, 4) is 0 Å². The average molecular weight is 289 g/mol. The lowest BCUT2D eigenvalue weighted by Gasteiger charge is -2.25. The Morgan fingerprint density at radius 1 is 1.19 bits per heavy atom. The fraction of sp³-hybridized carbons (Fsp3) is 0.529. The summed E-state index contributed by atoms with van der Waals surface area (Å²) >= 11 is 0. The van der Waals surface area contributed by atoms with Crippen molar-refractivity contribution in [1.29, 1.82) is 0 Å². The van der Waals surface area contributed by atoms with Crippen LogP contribution in [0.5, 0.6) is 0 Å². The summed E-state index contributed by atoms with van der Waals surface area (Å²) in [5.41, 5.74) is 1.12. The molecule has 4 heteroatoms. The van der Waals surface area contributed by atoms with E-state index in [1.165, 1.54) is 0 Å². The van der Waals surface area contributed by atoms with E-state index in [2.05, 4.69) is 6.92 Å². The fourth-order valence-electron chi connectivity index (χ4n) is 3.03. The first-order valence-electron chi connectivity index (χ1n) is 7.67. The van der Waals surface area contributed by atoms with Gasteiger partial charge in [0.15, 0.2) is 0 Å². The Morgan fingerprint density at radius 3 is 2.43 bits per heavy atom. The van der Waals surface area contributed by atoms with Gasteiger partial charge in [0.2, 0.25) is 5.91 Å². The zero-order valence-corrected chi connectivity index (χ0v) is 12.5. The van der Waals surface area contributed by atoms with Gasteiger partial charge in [-0.3, -0.25) is 9.59 Å². The minimum absolute atomic E-state index is 0.115. The number of carboxylic acids is 1. The number of carbonyl (C=O) groups is 2. The predicted molar refractivity (Wildman–Crippen MR) is 80.6 cm³/mol. The highest BCUT2D eigenvalue weighted by Gasteiger charge is 2.35. The number of nitrogens with zero attached hydrogens (tertiary/aromatic N) is 1. The van der Waals surface area contributed by atoms with Gasteiger partial charge in [0.25, 0.3) is 0 Å². The van der Waals surface area contributed by atoms with Gasteiger partial charge in [-0.25, -0.2) is 0 Å². The second-order valence-corrected chi connectivity index (χ2v) is 5.79. The molecule has 0 saturated heterocycles. The van der Waals surface area contributed by atoms with Crippen molar-refractivity contribution in [2.24, 2.45) is 11.8 Å². The highest BCUT2D eigenvalue weighted by Crippen LogP contribution is 2.32. The summed E-state index contributed by atoms with van der Waals surface area (Å²) in [5, 5.41) is 9.07. The van der Waals surface area contributed by atoms with Crippen molar-refractivity contribution < 1.29 is 14.7 Å². The number of hydrogen-bond donors (Lipinski definition) is 1. The van der Waals surface area contributed by atoms with Crippen LogP contribution < -0.4 is 0 Å².